The molecule has 0 aromatic heterocycles. The van der Waals surface area contributed by atoms with Crippen LogP contribution in [-0.2, 0) is 9.59 Å². The van der Waals surface area contributed by atoms with Crippen LogP contribution >= 0.6 is 0 Å². The highest BCUT2D eigenvalue weighted by atomic mass is 16.2. The summed E-state index contributed by atoms with van der Waals surface area (Å²) in [7, 11) is 0. The van der Waals surface area contributed by atoms with Gasteiger partial charge in [0.1, 0.15) is 0 Å². The SMILES string of the molecule is CC(=O)C(=O)N[C@@H](C)c1ccc2ccccc2c1. The molecule has 0 radical (unpaired) electrons. The summed E-state index contributed by atoms with van der Waals surface area (Å²) in [5.41, 5.74) is 0.989. The number of rotatable bonds is 3. The Labute approximate surface area is 106 Å². The fourth-order valence-corrected chi connectivity index (χ4v) is 1.86. The molecule has 0 aliphatic rings. The Bertz CT molecular complexity index is 604. The standard InChI is InChI=1S/C15H15NO2/c1-10(16-15(18)11(2)17)13-8-7-12-5-3-4-6-14(12)9-13/h3-10H,1-2H3,(H,16,18)/t10-/m0/s1. The van der Waals surface area contributed by atoms with Gasteiger partial charge in [0.2, 0.25) is 5.78 Å². The van der Waals surface area contributed by atoms with E-state index in [-0.39, 0.29) is 6.04 Å². The molecule has 1 amide bonds. The van der Waals surface area contributed by atoms with E-state index in [0.717, 1.165) is 16.3 Å². The molecule has 0 unspecified atom stereocenters. The van der Waals surface area contributed by atoms with Crippen LogP contribution in [0.15, 0.2) is 42.5 Å². The summed E-state index contributed by atoms with van der Waals surface area (Å²) < 4.78 is 0. The van der Waals surface area contributed by atoms with E-state index in [9.17, 15) is 9.59 Å². The number of hydrogen-bond donors (Lipinski definition) is 1. The van der Waals surface area contributed by atoms with Gasteiger partial charge in [0, 0.05) is 6.92 Å². The van der Waals surface area contributed by atoms with Crippen molar-refractivity contribution in [2.24, 2.45) is 0 Å². The molecule has 0 heterocycles. The zero-order valence-corrected chi connectivity index (χ0v) is 10.4. The van der Waals surface area contributed by atoms with E-state index in [2.05, 4.69) is 5.32 Å². The van der Waals surface area contributed by atoms with Gasteiger partial charge in [0.25, 0.3) is 5.91 Å². The van der Waals surface area contributed by atoms with Crippen LogP contribution in [0.1, 0.15) is 25.5 Å². The fourth-order valence-electron chi connectivity index (χ4n) is 1.86. The monoisotopic (exact) mass is 241 g/mol. The zero-order valence-electron chi connectivity index (χ0n) is 10.4. The van der Waals surface area contributed by atoms with Gasteiger partial charge in [-0.05, 0) is 29.3 Å². The third kappa shape index (κ3) is 2.56. The minimum Gasteiger partial charge on any atom is -0.343 e. The maximum atomic E-state index is 11.3. The summed E-state index contributed by atoms with van der Waals surface area (Å²) in [6.07, 6.45) is 0. The lowest BCUT2D eigenvalue weighted by atomic mass is 10.0. The van der Waals surface area contributed by atoms with Crippen LogP contribution in [0.3, 0.4) is 0 Å². The first-order valence-electron chi connectivity index (χ1n) is 5.88. The Morgan fingerprint density at radius 3 is 2.39 bits per heavy atom. The van der Waals surface area contributed by atoms with Crippen molar-refractivity contribution in [3.8, 4) is 0 Å². The molecule has 2 aromatic carbocycles. The van der Waals surface area contributed by atoms with Gasteiger partial charge in [0.05, 0.1) is 6.04 Å². The van der Waals surface area contributed by atoms with Crippen LogP contribution in [0.25, 0.3) is 10.8 Å². The molecule has 1 atom stereocenters. The van der Waals surface area contributed by atoms with E-state index in [0.29, 0.717) is 0 Å². The molecule has 0 bridgehead atoms. The van der Waals surface area contributed by atoms with E-state index in [1.54, 1.807) is 0 Å². The summed E-state index contributed by atoms with van der Waals surface area (Å²) in [4.78, 5) is 22.2. The highest BCUT2D eigenvalue weighted by molar-refractivity contribution is 6.35. The number of amides is 1. The highest BCUT2D eigenvalue weighted by Gasteiger charge is 2.12. The summed E-state index contributed by atoms with van der Waals surface area (Å²) in [6, 6.07) is 13.9. The summed E-state index contributed by atoms with van der Waals surface area (Å²) in [6.45, 7) is 3.13. The van der Waals surface area contributed by atoms with E-state index in [1.807, 2.05) is 49.4 Å². The van der Waals surface area contributed by atoms with Crippen molar-refractivity contribution in [3.05, 3.63) is 48.0 Å². The lowest BCUT2D eigenvalue weighted by Gasteiger charge is -2.13. The topological polar surface area (TPSA) is 46.2 Å². The minimum absolute atomic E-state index is 0.175. The quantitative estimate of drug-likeness (QED) is 0.839. The molecule has 0 spiro atoms. The average molecular weight is 241 g/mol. The van der Waals surface area contributed by atoms with Gasteiger partial charge in [-0.3, -0.25) is 9.59 Å². The number of Topliss-reactive ketones (excluding diaryl/α,β-unsaturated/α-hetero) is 1. The van der Waals surface area contributed by atoms with E-state index in [4.69, 9.17) is 0 Å². The summed E-state index contributed by atoms with van der Waals surface area (Å²) in [5.74, 6) is -1.02. The third-order valence-electron chi connectivity index (χ3n) is 2.94. The second-order valence-electron chi connectivity index (χ2n) is 4.36. The first kappa shape index (κ1) is 12.3. The molecule has 0 aliphatic heterocycles. The number of hydrogen-bond acceptors (Lipinski definition) is 2. The molecule has 0 aliphatic carbocycles. The maximum absolute atomic E-state index is 11.3. The molecule has 0 saturated carbocycles. The van der Waals surface area contributed by atoms with Gasteiger partial charge in [-0.1, -0.05) is 36.4 Å². The molecular formula is C15H15NO2. The Balaban J connectivity index is 2.25. The summed E-state index contributed by atoms with van der Waals surface area (Å²) in [5, 5.41) is 4.95. The number of benzene rings is 2. The Morgan fingerprint density at radius 1 is 1.06 bits per heavy atom. The molecule has 2 aromatic rings. The van der Waals surface area contributed by atoms with Gasteiger partial charge in [0.15, 0.2) is 0 Å². The smallest absolute Gasteiger partial charge is 0.287 e. The number of ketones is 1. The van der Waals surface area contributed by atoms with Gasteiger partial charge < -0.3 is 5.32 Å². The van der Waals surface area contributed by atoms with Crippen molar-refractivity contribution in [1.82, 2.24) is 5.32 Å². The van der Waals surface area contributed by atoms with Crippen LogP contribution in [0.2, 0.25) is 0 Å². The van der Waals surface area contributed by atoms with Crippen molar-refractivity contribution in [1.29, 1.82) is 0 Å². The largest absolute Gasteiger partial charge is 0.343 e. The number of carbonyl (C=O) groups excluding carboxylic acids is 2. The molecule has 18 heavy (non-hydrogen) atoms. The Hall–Kier alpha value is -2.16. The van der Waals surface area contributed by atoms with Crippen molar-refractivity contribution < 1.29 is 9.59 Å². The van der Waals surface area contributed by atoms with Crippen LogP contribution in [0.4, 0.5) is 0 Å². The van der Waals surface area contributed by atoms with Crippen LogP contribution in [0.5, 0.6) is 0 Å². The second kappa shape index (κ2) is 5.00. The summed E-state index contributed by atoms with van der Waals surface area (Å²) >= 11 is 0. The van der Waals surface area contributed by atoms with Gasteiger partial charge >= 0.3 is 0 Å². The predicted molar refractivity (Wildman–Crippen MR) is 71.2 cm³/mol. The molecular weight excluding hydrogens is 226 g/mol. The van der Waals surface area contributed by atoms with Crippen molar-refractivity contribution in [2.45, 2.75) is 19.9 Å². The van der Waals surface area contributed by atoms with E-state index in [1.165, 1.54) is 6.92 Å². The van der Waals surface area contributed by atoms with Gasteiger partial charge in [-0.15, -0.1) is 0 Å². The maximum Gasteiger partial charge on any atom is 0.287 e. The second-order valence-corrected chi connectivity index (χ2v) is 4.36. The van der Waals surface area contributed by atoms with Crippen LogP contribution in [0, 0.1) is 0 Å². The average Bonchev–Trinajstić information content (AvgIpc) is 2.37. The van der Waals surface area contributed by atoms with Crippen molar-refractivity contribution in [2.75, 3.05) is 0 Å². The molecule has 2 rings (SSSR count). The molecule has 3 heteroatoms. The fraction of sp³-hybridized carbons (Fsp3) is 0.200. The Kier molecular flexibility index (Phi) is 3.42. The van der Waals surface area contributed by atoms with Crippen molar-refractivity contribution in [3.63, 3.8) is 0 Å². The van der Waals surface area contributed by atoms with Gasteiger partial charge in [-0.2, -0.15) is 0 Å². The molecule has 1 N–H and O–H groups in total. The number of fused-ring (bicyclic) bond motifs is 1. The molecule has 0 saturated heterocycles. The molecule has 3 nitrogen and oxygen atoms in total. The van der Waals surface area contributed by atoms with Crippen molar-refractivity contribution >= 4 is 22.5 Å². The van der Waals surface area contributed by atoms with Crippen LogP contribution < -0.4 is 5.32 Å². The lowest BCUT2D eigenvalue weighted by Crippen LogP contribution is -2.31. The van der Waals surface area contributed by atoms with Crippen LogP contribution in [-0.4, -0.2) is 11.7 Å². The predicted octanol–water partition coefficient (Wildman–Crippen LogP) is 2.61. The first-order valence-corrected chi connectivity index (χ1v) is 5.88. The van der Waals surface area contributed by atoms with E-state index < -0.39 is 11.7 Å². The zero-order chi connectivity index (χ0) is 13.1. The first-order chi connectivity index (χ1) is 8.58. The van der Waals surface area contributed by atoms with E-state index >= 15 is 0 Å². The normalized spacial score (nSPS) is 12.1. The van der Waals surface area contributed by atoms with Gasteiger partial charge in [-0.25, -0.2) is 0 Å². The minimum atomic E-state index is -0.546. The third-order valence-corrected chi connectivity index (χ3v) is 2.94. The Morgan fingerprint density at radius 2 is 1.72 bits per heavy atom. The lowest BCUT2D eigenvalue weighted by molar-refractivity contribution is -0.137. The molecule has 92 valence electrons. The molecule has 0 fully saturated rings. The number of carbonyl (C=O) groups is 2. The highest BCUT2D eigenvalue weighted by Crippen LogP contribution is 2.20. The number of nitrogens with one attached hydrogen (secondary N) is 1.